The van der Waals surface area contributed by atoms with Crippen molar-refractivity contribution in [2.24, 2.45) is 38.2 Å². The molecule has 0 spiro atoms. The van der Waals surface area contributed by atoms with Crippen molar-refractivity contribution in [3.8, 4) is 0 Å². The molecule has 4 rings (SSSR count). The minimum Gasteiger partial charge on any atom is -0.748 e. The summed E-state index contributed by atoms with van der Waals surface area (Å²) < 4.78 is 69.2. The minimum absolute atomic E-state index is 0. The van der Waals surface area contributed by atoms with E-state index in [4.69, 9.17) is 5.11 Å². The van der Waals surface area contributed by atoms with E-state index in [-0.39, 0.29) is 80.1 Å². The Kier molecular flexibility index (Phi) is 12.8. The molecular formula is C23H38Li2N4O6S2. The summed E-state index contributed by atoms with van der Waals surface area (Å²) in [6, 6.07) is -0.0000322. The molecule has 0 aliphatic heterocycles. The van der Waals surface area contributed by atoms with Crippen LogP contribution in [0.4, 0.5) is 0 Å². The van der Waals surface area contributed by atoms with Crippen molar-refractivity contribution in [2.45, 2.75) is 125 Å². The van der Waals surface area contributed by atoms with Gasteiger partial charge in [0.05, 0.1) is 44.4 Å². The largest absolute Gasteiger partial charge is 1.00 e. The first-order valence-electron chi connectivity index (χ1n) is 13.2. The molecule has 4 aliphatic carbocycles. The molecule has 200 valence electrons. The van der Waals surface area contributed by atoms with Gasteiger partial charge in [-0.25, -0.2) is 16.8 Å². The maximum atomic E-state index is 11.8. The van der Waals surface area contributed by atoms with Crippen molar-refractivity contribution >= 4 is 20.2 Å². The normalized spacial score (nSPS) is 39.5. The van der Waals surface area contributed by atoms with E-state index < -0.39 is 30.7 Å². The van der Waals surface area contributed by atoms with Gasteiger partial charge in [0.25, 0.3) is 0 Å². The predicted octanol–water partition coefficient (Wildman–Crippen LogP) is -1.80. The van der Waals surface area contributed by atoms with Gasteiger partial charge in [-0.2, -0.15) is 20.5 Å². The van der Waals surface area contributed by atoms with Crippen LogP contribution in [-0.4, -0.2) is 60.6 Å². The standard InChI is InChI=1S/C23H40N4O6S2.2Li/c1-15-2-4-16(5-3-15)24-26-22-12-13-23(21-14-19(35(31,32)33)10-11-20(21)22)27-25-17-6-8-18(9-7-17)34(28,29)30;;/h15-23H,2-14H2,1H3,(H,28,29,30)(H,31,32,33);;/q;2*+1/p-2. The van der Waals surface area contributed by atoms with Crippen LogP contribution < -0.4 is 37.7 Å². The van der Waals surface area contributed by atoms with Crippen molar-refractivity contribution in [2.75, 3.05) is 0 Å². The Morgan fingerprint density at radius 2 is 0.973 bits per heavy atom. The van der Waals surface area contributed by atoms with Crippen LogP contribution in [0.3, 0.4) is 0 Å². The minimum atomic E-state index is -4.37. The second-order valence-electron chi connectivity index (χ2n) is 11.3. The van der Waals surface area contributed by atoms with Gasteiger partial charge in [0.15, 0.2) is 0 Å². The Labute approximate surface area is 245 Å². The fraction of sp³-hybridized carbons (Fsp3) is 1.00. The first-order chi connectivity index (χ1) is 16.5. The number of fused-ring (bicyclic) bond motifs is 1. The summed E-state index contributed by atoms with van der Waals surface area (Å²) >= 11 is 0. The van der Waals surface area contributed by atoms with Crippen molar-refractivity contribution in [3.05, 3.63) is 0 Å². The Morgan fingerprint density at radius 3 is 1.46 bits per heavy atom. The van der Waals surface area contributed by atoms with Crippen LogP contribution in [0.2, 0.25) is 0 Å². The smallest absolute Gasteiger partial charge is 0.748 e. The van der Waals surface area contributed by atoms with Crippen LogP contribution in [0, 0.1) is 17.8 Å². The van der Waals surface area contributed by atoms with Crippen molar-refractivity contribution < 1.29 is 63.7 Å². The summed E-state index contributed by atoms with van der Waals surface area (Å²) in [7, 11) is -8.64. The molecule has 0 radical (unpaired) electrons. The maximum absolute atomic E-state index is 11.8. The van der Waals surface area contributed by atoms with Crippen molar-refractivity contribution in [3.63, 3.8) is 0 Å². The number of nitrogens with zero attached hydrogens (tertiary/aromatic N) is 4. The molecule has 4 aliphatic rings. The average molecular weight is 545 g/mol. The molecule has 0 heterocycles. The number of hydrogen-bond donors (Lipinski definition) is 0. The molecule has 0 N–H and O–H groups in total. The zero-order valence-corrected chi connectivity index (χ0v) is 24.1. The van der Waals surface area contributed by atoms with E-state index in [1.54, 1.807) is 0 Å². The molecule has 0 aromatic rings. The van der Waals surface area contributed by atoms with Crippen LogP contribution in [0.5, 0.6) is 0 Å². The van der Waals surface area contributed by atoms with Gasteiger partial charge in [-0.3, -0.25) is 0 Å². The van der Waals surface area contributed by atoms with Crippen LogP contribution in [0.15, 0.2) is 20.5 Å². The quantitative estimate of drug-likeness (QED) is 0.217. The van der Waals surface area contributed by atoms with E-state index in [1.807, 2.05) is 0 Å². The predicted molar refractivity (Wildman–Crippen MR) is 128 cm³/mol. The third-order valence-electron chi connectivity index (χ3n) is 8.86. The summed E-state index contributed by atoms with van der Waals surface area (Å²) in [6.07, 6.45) is 8.88. The molecule has 4 fully saturated rings. The summed E-state index contributed by atoms with van der Waals surface area (Å²) in [4.78, 5) is 0. The SMILES string of the molecule is CC1CCC(N=NC2CCC(N=NC3CCC(S(=O)(=O)[O-])CC3)C3CC(S(=O)(=O)[O-])CCC23)CC1.[Li+].[Li+]. The van der Waals surface area contributed by atoms with E-state index in [0.717, 1.165) is 25.2 Å². The van der Waals surface area contributed by atoms with Crippen molar-refractivity contribution in [1.29, 1.82) is 0 Å². The number of hydrogen-bond acceptors (Lipinski definition) is 10. The zero-order valence-electron chi connectivity index (χ0n) is 22.4. The van der Waals surface area contributed by atoms with Crippen LogP contribution in [-0.2, 0) is 20.2 Å². The van der Waals surface area contributed by atoms with Gasteiger partial charge < -0.3 is 9.11 Å². The number of azo groups is 2. The molecule has 10 nitrogen and oxygen atoms in total. The van der Waals surface area contributed by atoms with Gasteiger partial charge in [0.1, 0.15) is 0 Å². The monoisotopic (exact) mass is 544 g/mol. The zero-order chi connectivity index (χ0) is 25.2. The second kappa shape index (κ2) is 14.2. The third-order valence-corrected chi connectivity index (χ3v) is 11.4. The van der Waals surface area contributed by atoms with E-state index >= 15 is 0 Å². The topological polar surface area (TPSA) is 164 Å². The van der Waals surface area contributed by atoms with Crippen LogP contribution in [0.1, 0.15) is 90.4 Å². The van der Waals surface area contributed by atoms with Gasteiger partial charge in [-0.1, -0.05) is 6.92 Å². The fourth-order valence-electron chi connectivity index (χ4n) is 6.59. The Hall–Kier alpha value is 0.215. The van der Waals surface area contributed by atoms with Gasteiger partial charge in [0, 0.05) is 10.5 Å². The fourth-order valence-corrected chi connectivity index (χ4v) is 8.33. The molecule has 0 amide bonds. The second-order valence-corrected chi connectivity index (χ2v) is 14.6. The molecule has 5 unspecified atom stereocenters. The summed E-state index contributed by atoms with van der Waals surface area (Å²) in [5, 5.41) is 16.8. The van der Waals surface area contributed by atoms with Gasteiger partial charge >= 0.3 is 37.7 Å². The molecule has 0 saturated heterocycles. The average Bonchev–Trinajstić information content (AvgIpc) is 2.81. The Bertz CT molecular complexity index is 997. The first-order valence-corrected chi connectivity index (χ1v) is 16.1. The maximum Gasteiger partial charge on any atom is 1.00 e. The molecule has 0 aromatic heterocycles. The molecule has 4 saturated carbocycles. The Morgan fingerprint density at radius 1 is 0.541 bits per heavy atom. The van der Waals surface area contributed by atoms with Gasteiger partial charge in [0.2, 0.25) is 0 Å². The summed E-state index contributed by atoms with van der Waals surface area (Å²) in [6.45, 7) is 2.27. The van der Waals surface area contributed by atoms with Crippen LogP contribution in [0.25, 0.3) is 0 Å². The van der Waals surface area contributed by atoms with Crippen LogP contribution >= 0.6 is 0 Å². The van der Waals surface area contributed by atoms with E-state index in [1.165, 1.54) is 12.8 Å². The molecule has 0 aromatic carbocycles. The summed E-state index contributed by atoms with van der Waals surface area (Å²) in [5.74, 6) is 0.803. The van der Waals surface area contributed by atoms with E-state index in [9.17, 15) is 25.9 Å². The molecule has 0 bridgehead atoms. The van der Waals surface area contributed by atoms with Gasteiger partial charge in [-0.05, 0) is 101 Å². The third kappa shape index (κ3) is 9.11. The Balaban J connectivity index is 0.00000241. The number of rotatable bonds is 6. The summed E-state index contributed by atoms with van der Waals surface area (Å²) in [5.41, 5.74) is 0. The molecule has 37 heavy (non-hydrogen) atoms. The first kappa shape index (κ1) is 33.4. The van der Waals surface area contributed by atoms with Crippen molar-refractivity contribution in [1.82, 2.24) is 0 Å². The molecule has 5 atom stereocenters. The molecule has 14 heteroatoms. The van der Waals surface area contributed by atoms with Gasteiger partial charge in [-0.15, -0.1) is 0 Å². The van der Waals surface area contributed by atoms with E-state index in [0.29, 0.717) is 44.9 Å². The van der Waals surface area contributed by atoms with E-state index in [2.05, 4.69) is 22.3 Å². The molecular weight excluding hydrogens is 506 g/mol.